The molecule has 0 saturated carbocycles. The van der Waals surface area contributed by atoms with E-state index in [1.54, 1.807) is 0 Å². The number of aromatic nitrogens is 2. The molecular formula is C13H24N4. The van der Waals surface area contributed by atoms with Gasteiger partial charge in [0.05, 0.1) is 11.4 Å². The largest absolute Gasteiger partial charge is 0.313 e. The molecule has 4 heteroatoms. The highest BCUT2D eigenvalue weighted by molar-refractivity contribution is 5.20. The van der Waals surface area contributed by atoms with Gasteiger partial charge in [0.15, 0.2) is 0 Å². The molecule has 96 valence electrons. The Hall–Kier alpha value is -1.00. The lowest BCUT2D eigenvalue weighted by Crippen LogP contribution is -2.21. The van der Waals surface area contributed by atoms with Crippen LogP contribution in [0.4, 0.5) is 0 Å². The van der Waals surface area contributed by atoms with E-state index in [2.05, 4.69) is 47.5 Å². The molecule has 0 aromatic carbocycles. The van der Waals surface area contributed by atoms with Crippen molar-refractivity contribution in [3.63, 3.8) is 0 Å². The predicted molar refractivity (Wildman–Crippen MR) is 71.0 cm³/mol. The van der Waals surface area contributed by atoms with Gasteiger partial charge in [0.1, 0.15) is 0 Å². The highest BCUT2D eigenvalue weighted by Crippen LogP contribution is 2.06. The first-order valence-electron chi connectivity index (χ1n) is 6.31. The topological polar surface area (TPSA) is 41.1 Å². The van der Waals surface area contributed by atoms with E-state index >= 15 is 0 Å². The summed E-state index contributed by atoms with van der Waals surface area (Å²) in [5, 5.41) is 11.8. The zero-order chi connectivity index (χ0) is 12.7. The molecule has 1 heterocycles. The Morgan fingerprint density at radius 1 is 1.29 bits per heavy atom. The third-order valence-corrected chi connectivity index (χ3v) is 2.69. The molecule has 0 spiro atoms. The van der Waals surface area contributed by atoms with Crippen LogP contribution in [0.3, 0.4) is 0 Å². The molecule has 0 fully saturated rings. The Kier molecular flexibility index (Phi) is 6.08. The summed E-state index contributed by atoms with van der Waals surface area (Å²) >= 11 is 0. The predicted octanol–water partition coefficient (Wildman–Crippen LogP) is 1.39. The van der Waals surface area contributed by atoms with Crippen LogP contribution >= 0.6 is 0 Å². The van der Waals surface area contributed by atoms with Crippen molar-refractivity contribution in [3.05, 3.63) is 23.0 Å². The maximum absolute atomic E-state index is 4.23. The summed E-state index contributed by atoms with van der Waals surface area (Å²) in [5.74, 6) is 0. The third kappa shape index (κ3) is 5.24. The quantitative estimate of drug-likeness (QED) is 0.726. The normalized spacial score (nSPS) is 11.1. The molecule has 0 aliphatic rings. The van der Waals surface area contributed by atoms with Crippen molar-refractivity contribution in [3.8, 4) is 0 Å². The second-order valence-electron chi connectivity index (χ2n) is 4.64. The molecule has 17 heavy (non-hydrogen) atoms. The van der Waals surface area contributed by atoms with E-state index in [4.69, 9.17) is 0 Å². The molecule has 0 unspecified atom stereocenters. The summed E-state index contributed by atoms with van der Waals surface area (Å²) in [7, 11) is 4.21. The number of hydrogen-bond donors (Lipinski definition) is 1. The van der Waals surface area contributed by atoms with Gasteiger partial charge in [-0.25, -0.2) is 0 Å². The van der Waals surface area contributed by atoms with E-state index in [0.717, 1.165) is 37.4 Å². The summed E-state index contributed by atoms with van der Waals surface area (Å²) < 4.78 is 0. The lowest BCUT2D eigenvalue weighted by Gasteiger charge is -2.11. The van der Waals surface area contributed by atoms with Crippen LogP contribution in [0.15, 0.2) is 6.07 Å². The van der Waals surface area contributed by atoms with Crippen molar-refractivity contribution in [2.24, 2.45) is 0 Å². The molecule has 1 aromatic rings. The van der Waals surface area contributed by atoms with Crippen LogP contribution in [0.25, 0.3) is 0 Å². The molecule has 0 aliphatic heterocycles. The van der Waals surface area contributed by atoms with E-state index in [1.165, 1.54) is 12.0 Å². The Balaban J connectivity index is 2.37. The zero-order valence-electron chi connectivity index (χ0n) is 11.5. The SMILES string of the molecule is CCc1nnc(C)cc1CNCCCN(C)C. The fraction of sp³-hybridized carbons (Fsp3) is 0.692. The van der Waals surface area contributed by atoms with Gasteiger partial charge in [0, 0.05) is 6.54 Å². The Bertz CT molecular complexity index is 336. The minimum Gasteiger partial charge on any atom is -0.313 e. The van der Waals surface area contributed by atoms with E-state index in [1.807, 2.05) is 6.92 Å². The van der Waals surface area contributed by atoms with Gasteiger partial charge < -0.3 is 10.2 Å². The van der Waals surface area contributed by atoms with Gasteiger partial charge in [0.25, 0.3) is 0 Å². The van der Waals surface area contributed by atoms with Crippen LogP contribution in [0.5, 0.6) is 0 Å². The van der Waals surface area contributed by atoms with Gasteiger partial charge in [-0.05, 0) is 58.6 Å². The third-order valence-electron chi connectivity index (χ3n) is 2.69. The second kappa shape index (κ2) is 7.35. The van der Waals surface area contributed by atoms with Crippen LogP contribution in [0, 0.1) is 6.92 Å². The molecule has 0 bridgehead atoms. The van der Waals surface area contributed by atoms with Crippen LogP contribution in [0.1, 0.15) is 30.3 Å². The van der Waals surface area contributed by atoms with Crippen molar-refractivity contribution in [2.75, 3.05) is 27.2 Å². The average Bonchev–Trinajstić information content (AvgIpc) is 2.28. The van der Waals surface area contributed by atoms with E-state index < -0.39 is 0 Å². The summed E-state index contributed by atoms with van der Waals surface area (Å²) in [6.07, 6.45) is 2.12. The summed E-state index contributed by atoms with van der Waals surface area (Å²) in [5.41, 5.74) is 3.38. The van der Waals surface area contributed by atoms with Gasteiger partial charge in [-0.15, -0.1) is 0 Å². The lowest BCUT2D eigenvalue weighted by molar-refractivity contribution is 0.394. The second-order valence-corrected chi connectivity index (χ2v) is 4.64. The summed E-state index contributed by atoms with van der Waals surface area (Å²) in [6.45, 7) is 7.17. The first kappa shape index (κ1) is 14.1. The van der Waals surface area contributed by atoms with Gasteiger partial charge >= 0.3 is 0 Å². The number of nitrogens with one attached hydrogen (secondary N) is 1. The van der Waals surface area contributed by atoms with Gasteiger partial charge in [-0.2, -0.15) is 10.2 Å². The minimum absolute atomic E-state index is 0.896. The minimum atomic E-state index is 0.896. The van der Waals surface area contributed by atoms with Crippen molar-refractivity contribution >= 4 is 0 Å². The van der Waals surface area contributed by atoms with Crippen molar-refractivity contribution in [1.29, 1.82) is 0 Å². The molecule has 1 N–H and O–H groups in total. The smallest absolute Gasteiger partial charge is 0.0673 e. The first-order chi connectivity index (χ1) is 8.13. The number of aryl methyl sites for hydroxylation is 2. The van der Waals surface area contributed by atoms with Crippen LogP contribution in [-0.2, 0) is 13.0 Å². The van der Waals surface area contributed by atoms with E-state index in [-0.39, 0.29) is 0 Å². The van der Waals surface area contributed by atoms with Crippen molar-refractivity contribution in [2.45, 2.75) is 33.2 Å². The first-order valence-corrected chi connectivity index (χ1v) is 6.31. The maximum Gasteiger partial charge on any atom is 0.0673 e. The van der Waals surface area contributed by atoms with Crippen LogP contribution in [-0.4, -0.2) is 42.3 Å². The lowest BCUT2D eigenvalue weighted by atomic mass is 10.1. The summed E-state index contributed by atoms with van der Waals surface area (Å²) in [6, 6.07) is 2.13. The fourth-order valence-corrected chi connectivity index (χ4v) is 1.76. The molecular weight excluding hydrogens is 212 g/mol. The van der Waals surface area contributed by atoms with Gasteiger partial charge in [-0.3, -0.25) is 0 Å². The number of hydrogen-bond acceptors (Lipinski definition) is 4. The molecule has 0 atom stereocenters. The molecule has 0 saturated heterocycles. The van der Waals surface area contributed by atoms with E-state index in [0.29, 0.717) is 0 Å². The Labute approximate surface area is 104 Å². The monoisotopic (exact) mass is 236 g/mol. The van der Waals surface area contributed by atoms with Gasteiger partial charge in [0.2, 0.25) is 0 Å². The standard InChI is InChI=1S/C13H24N4/c1-5-13-12(9-11(2)15-16-13)10-14-7-6-8-17(3)4/h9,14H,5-8,10H2,1-4H3. The highest BCUT2D eigenvalue weighted by Gasteiger charge is 2.03. The summed E-state index contributed by atoms with van der Waals surface area (Å²) in [4.78, 5) is 2.21. The average molecular weight is 236 g/mol. The highest BCUT2D eigenvalue weighted by atomic mass is 15.1. The maximum atomic E-state index is 4.23. The van der Waals surface area contributed by atoms with Crippen molar-refractivity contribution in [1.82, 2.24) is 20.4 Å². The number of nitrogens with zero attached hydrogens (tertiary/aromatic N) is 3. The Morgan fingerprint density at radius 2 is 2.06 bits per heavy atom. The number of rotatable bonds is 7. The zero-order valence-corrected chi connectivity index (χ0v) is 11.5. The fourth-order valence-electron chi connectivity index (χ4n) is 1.76. The van der Waals surface area contributed by atoms with Crippen LogP contribution < -0.4 is 5.32 Å². The Morgan fingerprint density at radius 3 is 2.71 bits per heavy atom. The molecule has 1 rings (SSSR count). The van der Waals surface area contributed by atoms with Crippen LogP contribution in [0.2, 0.25) is 0 Å². The van der Waals surface area contributed by atoms with Gasteiger partial charge in [-0.1, -0.05) is 6.92 Å². The molecule has 0 amide bonds. The molecule has 4 nitrogen and oxygen atoms in total. The molecule has 0 aliphatic carbocycles. The van der Waals surface area contributed by atoms with E-state index in [9.17, 15) is 0 Å². The molecule has 0 radical (unpaired) electrons. The van der Waals surface area contributed by atoms with Crippen molar-refractivity contribution < 1.29 is 0 Å². The molecule has 1 aromatic heterocycles.